The van der Waals surface area contributed by atoms with Crippen molar-refractivity contribution in [3.05, 3.63) is 57.8 Å². The van der Waals surface area contributed by atoms with Crippen molar-refractivity contribution in [2.45, 2.75) is 44.6 Å². The number of amides is 3. The van der Waals surface area contributed by atoms with E-state index in [9.17, 15) is 14.4 Å². The van der Waals surface area contributed by atoms with E-state index in [-0.39, 0.29) is 29.2 Å². The van der Waals surface area contributed by atoms with Crippen molar-refractivity contribution in [1.29, 1.82) is 0 Å². The fourth-order valence-corrected chi connectivity index (χ4v) is 6.04. The first-order valence-electron chi connectivity index (χ1n) is 11.4. The second-order valence-corrected chi connectivity index (χ2v) is 10.6. The number of benzene rings is 1. The third-order valence-electron chi connectivity index (χ3n) is 7.33. The van der Waals surface area contributed by atoms with Crippen LogP contribution in [0.5, 0.6) is 0 Å². The Morgan fingerprint density at radius 2 is 1.59 bits per heavy atom. The lowest BCUT2D eigenvalue weighted by Gasteiger charge is -2.39. The average molecular weight is 452 g/mol. The Labute approximate surface area is 192 Å². The number of urea groups is 1. The van der Waals surface area contributed by atoms with Crippen LogP contribution in [-0.4, -0.2) is 59.7 Å². The van der Waals surface area contributed by atoms with Crippen LogP contribution in [0.2, 0.25) is 0 Å². The number of rotatable bonds is 4. The lowest BCUT2D eigenvalue weighted by atomic mass is 9.78. The summed E-state index contributed by atoms with van der Waals surface area (Å²) in [6, 6.07) is 14.2. The van der Waals surface area contributed by atoms with Gasteiger partial charge in [0.15, 0.2) is 5.78 Å². The molecule has 0 bridgehead atoms. The summed E-state index contributed by atoms with van der Waals surface area (Å²) in [7, 11) is 0. The van der Waals surface area contributed by atoms with Crippen LogP contribution in [0.4, 0.5) is 4.79 Å². The maximum atomic E-state index is 12.8. The number of nitrogens with zero attached hydrogens (tertiary/aromatic N) is 2. The number of likely N-dealkylation sites (tertiary alicyclic amines) is 2. The standard InChI is InChI=1S/C25H29N3O3S/c1-17(29)21-7-8-22(32-21)23(30)27-12-9-25(10-13-27)11-14-28(16-25)24(31)26-20-15-19(20)18-5-3-2-4-6-18/h2-8,19-20H,9-16H2,1H3,(H,26,31). The summed E-state index contributed by atoms with van der Waals surface area (Å²) in [6.45, 7) is 4.50. The van der Waals surface area contributed by atoms with Crippen LogP contribution >= 0.6 is 11.3 Å². The van der Waals surface area contributed by atoms with Gasteiger partial charge in [-0.15, -0.1) is 11.3 Å². The normalized spacial score (nSPS) is 23.9. The van der Waals surface area contributed by atoms with Crippen molar-refractivity contribution in [2.24, 2.45) is 5.41 Å². The smallest absolute Gasteiger partial charge is 0.317 e. The van der Waals surface area contributed by atoms with Gasteiger partial charge < -0.3 is 15.1 Å². The first-order valence-corrected chi connectivity index (χ1v) is 12.3. The van der Waals surface area contributed by atoms with Gasteiger partial charge in [-0.1, -0.05) is 30.3 Å². The summed E-state index contributed by atoms with van der Waals surface area (Å²) in [5.41, 5.74) is 1.42. The van der Waals surface area contributed by atoms with Gasteiger partial charge in [0.1, 0.15) is 0 Å². The van der Waals surface area contributed by atoms with Crippen molar-refractivity contribution in [1.82, 2.24) is 15.1 Å². The lowest BCUT2D eigenvalue weighted by Crippen LogP contribution is -2.46. The van der Waals surface area contributed by atoms with Gasteiger partial charge in [0, 0.05) is 38.1 Å². The Morgan fingerprint density at radius 1 is 0.938 bits per heavy atom. The molecule has 2 atom stereocenters. The molecule has 6 nitrogen and oxygen atoms in total. The maximum absolute atomic E-state index is 12.8. The Kier molecular flexibility index (Phi) is 5.53. The van der Waals surface area contributed by atoms with Crippen molar-refractivity contribution >= 4 is 29.1 Å². The fraction of sp³-hybridized carbons (Fsp3) is 0.480. The number of hydrogen-bond donors (Lipinski definition) is 1. The van der Waals surface area contributed by atoms with E-state index < -0.39 is 0 Å². The molecule has 2 aromatic rings. The molecule has 5 rings (SSSR count). The van der Waals surface area contributed by atoms with Crippen molar-refractivity contribution < 1.29 is 14.4 Å². The summed E-state index contributed by atoms with van der Waals surface area (Å²) >= 11 is 1.28. The number of carbonyl (C=O) groups excluding carboxylic acids is 3. The molecule has 3 aliphatic rings. The Hall–Kier alpha value is -2.67. The molecule has 0 radical (unpaired) electrons. The average Bonchev–Trinajstić information content (AvgIpc) is 3.20. The Bertz CT molecular complexity index is 1030. The van der Waals surface area contributed by atoms with E-state index in [0.717, 1.165) is 38.8 Å². The second kappa shape index (κ2) is 8.35. The maximum Gasteiger partial charge on any atom is 0.317 e. The first-order chi connectivity index (χ1) is 15.4. The third kappa shape index (κ3) is 4.18. The molecule has 1 spiro atoms. The summed E-state index contributed by atoms with van der Waals surface area (Å²) < 4.78 is 0. The number of hydrogen-bond acceptors (Lipinski definition) is 4. The zero-order valence-corrected chi connectivity index (χ0v) is 19.2. The summed E-state index contributed by atoms with van der Waals surface area (Å²) in [5, 5.41) is 3.22. The highest BCUT2D eigenvalue weighted by molar-refractivity contribution is 7.15. The van der Waals surface area contributed by atoms with Gasteiger partial charge in [0.05, 0.1) is 9.75 Å². The molecule has 7 heteroatoms. The van der Waals surface area contributed by atoms with E-state index >= 15 is 0 Å². The SMILES string of the molecule is CC(=O)c1ccc(C(=O)N2CCC3(CCN(C(=O)NC4CC4c4ccccc4)C3)CC2)s1. The number of ketones is 1. The van der Waals surface area contributed by atoms with E-state index in [1.54, 1.807) is 12.1 Å². The Balaban J connectivity index is 1.12. The minimum Gasteiger partial charge on any atom is -0.338 e. The minimum atomic E-state index is -0.00254. The van der Waals surface area contributed by atoms with Gasteiger partial charge in [0.25, 0.3) is 5.91 Å². The molecule has 1 N–H and O–H groups in total. The number of Topliss-reactive ketones (excluding diaryl/α,β-unsaturated/α-hetero) is 1. The highest BCUT2D eigenvalue weighted by Gasteiger charge is 2.45. The fourth-order valence-electron chi connectivity index (χ4n) is 5.17. The van der Waals surface area contributed by atoms with Gasteiger partial charge in [-0.3, -0.25) is 9.59 Å². The van der Waals surface area contributed by atoms with Gasteiger partial charge in [0.2, 0.25) is 0 Å². The molecule has 1 aromatic carbocycles. The van der Waals surface area contributed by atoms with Gasteiger partial charge in [-0.2, -0.15) is 0 Å². The van der Waals surface area contributed by atoms with Gasteiger partial charge in [-0.25, -0.2) is 4.79 Å². The molecule has 2 aliphatic heterocycles. The third-order valence-corrected chi connectivity index (χ3v) is 8.50. The van der Waals surface area contributed by atoms with Crippen molar-refractivity contribution in [2.75, 3.05) is 26.2 Å². The first kappa shape index (κ1) is 21.2. The molecule has 2 saturated heterocycles. The van der Waals surface area contributed by atoms with Crippen molar-refractivity contribution in [3.8, 4) is 0 Å². The van der Waals surface area contributed by atoms with Crippen LogP contribution < -0.4 is 5.32 Å². The molecule has 3 fully saturated rings. The largest absolute Gasteiger partial charge is 0.338 e. The predicted octanol–water partition coefficient (Wildman–Crippen LogP) is 4.14. The molecule has 3 amide bonds. The summed E-state index contributed by atoms with van der Waals surface area (Å²) in [5.74, 6) is 0.453. The molecule has 2 unspecified atom stereocenters. The monoisotopic (exact) mass is 451 g/mol. The molecule has 1 aromatic heterocycles. The Morgan fingerprint density at radius 3 is 2.25 bits per heavy atom. The van der Waals surface area contributed by atoms with Gasteiger partial charge in [-0.05, 0) is 55.7 Å². The van der Waals surface area contributed by atoms with E-state index in [1.807, 2.05) is 15.9 Å². The number of carbonyl (C=O) groups is 3. The van der Waals surface area contributed by atoms with E-state index in [2.05, 4.69) is 29.6 Å². The van der Waals surface area contributed by atoms with Crippen LogP contribution in [0, 0.1) is 5.41 Å². The van der Waals surface area contributed by atoms with Crippen LogP contribution in [0.3, 0.4) is 0 Å². The molecular weight excluding hydrogens is 422 g/mol. The molecule has 168 valence electrons. The number of piperidine rings is 1. The molecule has 1 aliphatic carbocycles. The van der Waals surface area contributed by atoms with Gasteiger partial charge >= 0.3 is 6.03 Å². The molecule has 1 saturated carbocycles. The zero-order valence-electron chi connectivity index (χ0n) is 18.4. The lowest BCUT2D eigenvalue weighted by molar-refractivity contribution is 0.0598. The van der Waals surface area contributed by atoms with Crippen LogP contribution in [0.25, 0.3) is 0 Å². The van der Waals surface area contributed by atoms with E-state index in [0.29, 0.717) is 28.8 Å². The molecular formula is C25H29N3O3S. The summed E-state index contributed by atoms with van der Waals surface area (Å²) in [6.07, 6.45) is 3.86. The van der Waals surface area contributed by atoms with E-state index in [1.165, 1.54) is 23.8 Å². The van der Waals surface area contributed by atoms with Crippen LogP contribution in [0.1, 0.15) is 63.4 Å². The quantitative estimate of drug-likeness (QED) is 0.710. The van der Waals surface area contributed by atoms with E-state index in [4.69, 9.17) is 0 Å². The zero-order chi connectivity index (χ0) is 22.3. The number of thiophene rings is 1. The highest BCUT2D eigenvalue weighted by atomic mass is 32.1. The highest BCUT2D eigenvalue weighted by Crippen LogP contribution is 2.43. The minimum absolute atomic E-state index is 0.00254. The number of nitrogens with one attached hydrogen (secondary N) is 1. The van der Waals surface area contributed by atoms with Crippen LogP contribution in [-0.2, 0) is 0 Å². The topological polar surface area (TPSA) is 69.7 Å². The molecule has 32 heavy (non-hydrogen) atoms. The molecule has 3 heterocycles. The van der Waals surface area contributed by atoms with Crippen molar-refractivity contribution in [3.63, 3.8) is 0 Å². The van der Waals surface area contributed by atoms with Crippen LogP contribution in [0.15, 0.2) is 42.5 Å². The summed E-state index contributed by atoms with van der Waals surface area (Å²) in [4.78, 5) is 42.3. The second-order valence-electron chi connectivity index (χ2n) is 9.49. The predicted molar refractivity (Wildman–Crippen MR) is 124 cm³/mol.